The van der Waals surface area contributed by atoms with Crippen LogP contribution in [0.2, 0.25) is 0 Å². The van der Waals surface area contributed by atoms with Crippen molar-refractivity contribution in [2.45, 2.75) is 86.5 Å². The molecule has 11 heteroatoms. The van der Waals surface area contributed by atoms with E-state index < -0.39 is 0 Å². The molecule has 11 nitrogen and oxygen atoms in total. The molecule has 2 aromatic heterocycles. The lowest BCUT2D eigenvalue weighted by Gasteiger charge is -2.29. The summed E-state index contributed by atoms with van der Waals surface area (Å²) in [5, 5.41) is 11.2. The topological polar surface area (TPSA) is 124 Å². The fourth-order valence-electron chi connectivity index (χ4n) is 8.85. The van der Waals surface area contributed by atoms with Crippen molar-refractivity contribution >= 4 is 0 Å². The van der Waals surface area contributed by atoms with Gasteiger partial charge in [-0.25, -0.2) is 0 Å². The summed E-state index contributed by atoms with van der Waals surface area (Å²) in [5.41, 5.74) is 13.1. The number of hydrogen-bond acceptors (Lipinski definition) is 10. The molecule has 7 aliphatic heterocycles. The van der Waals surface area contributed by atoms with Gasteiger partial charge in [0.1, 0.15) is 72.2 Å². The molecule has 0 radical (unpaired) electrons. The second-order valence-corrected chi connectivity index (χ2v) is 18.0. The molecular formula is C57H58N3O8+. The van der Waals surface area contributed by atoms with Crippen molar-refractivity contribution in [3.63, 3.8) is 0 Å². The Morgan fingerprint density at radius 2 is 0.868 bits per heavy atom. The Balaban J connectivity index is 1.03. The predicted octanol–water partition coefficient (Wildman–Crippen LogP) is 12.2. The largest absolute Gasteiger partial charge is 0.496 e. The van der Waals surface area contributed by atoms with Gasteiger partial charge in [-0.1, -0.05) is 109 Å². The van der Waals surface area contributed by atoms with Crippen molar-refractivity contribution in [1.29, 1.82) is 0 Å². The number of quaternary nitrogens is 1. The summed E-state index contributed by atoms with van der Waals surface area (Å²) < 4.78 is 49.0. The van der Waals surface area contributed by atoms with Crippen LogP contribution in [0.25, 0.3) is 22.5 Å². The van der Waals surface area contributed by atoms with Gasteiger partial charge in [0, 0.05) is 28.7 Å². The molecule has 7 aliphatic rings. The lowest BCUT2D eigenvalue weighted by atomic mass is 9.76. The van der Waals surface area contributed by atoms with Crippen LogP contribution in [0.5, 0.6) is 34.5 Å². The summed E-state index contributed by atoms with van der Waals surface area (Å²) in [6.45, 7) is 15.9. The monoisotopic (exact) mass is 912 g/mol. The van der Waals surface area contributed by atoms with Crippen LogP contribution < -0.4 is 24.3 Å². The maximum absolute atomic E-state index is 6.79. The van der Waals surface area contributed by atoms with E-state index >= 15 is 0 Å². The maximum atomic E-state index is 6.79. The van der Waals surface area contributed by atoms with Crippen LogP contribution in [0.3, 0.4) is 0 Å². The van der Waals surface area contributed by atoms with Crippen LogP contribution in [-0.4, -0.2) is 24.5 Å². The molecule has 0 aliphatic carbocycles. The third kappa shape index (κ3) is 9.92. The van der Waals surface area contributed by atoms with Gasteiger partial charge in [0.15, 0.2) is 11.5 Å². The number of ether oxygens (including phenoxy) is 6. The molecule has 9 heterocycles. The minimum absolute atomic E-state index is 0.258. The van der Waals surface area contributed by atoms with E-state index in [1.165, 1.54) is 11.1 Å². The highest BCUT2D eigenvalue weighted by atomic mass is 16.5. The van der Waals surface area contributed by atoms with Gasteiger partial charge in [-0.2, -0.15) is 0 Å². The number of methoxy groups -OCH3 is 2. The predicted molar refractivity (Wildman–Crippen MR) is 260 cm³/mol. The van der Waals surface area contributed by atoms with Crippen molar-refractivity contribution < 1.29 is 42.8 Å². The molecule has 348 valence electrons. The van der Waals surface area contributed by atoms with E-state index in [0.29, 0.717) is 70.2 Å². The molecule has 0 saturated carbocycles. The van der Waals surface area contributed by atoms with Gasteiger partial charge in [-0.05, 0) is 96.5 Å². The lowest BCUT2D eigenvalue weighted by Crippen LogP contribution is -2.80. The van der Waals surface area contributed by atoms with Gasteiger partial charge in [0.25, 0.3) is 0 Å². The molecule has 2 N–H and O–H groups in total. The van der Waals surface area contributed by atoms with Crippen molar-refractivity contribution in [2.75, 3.05) is 14.2 Å². The Bertz CT molecular complexity index is 2790. The van der Waals surface area contributed by atoms with Crippen LogP contribution in [-0.2, 0) is 54.4 Å². The lowest BCUT2D eigenvalue weighted by molar-refractivity contribution is -0.686. The van der Waals surface area contributed by atoms with Gasteiger partial charge < -0.3 is 42.8 Å². The Morgan fingerprint density at radius 3 is 1.25 bits per heavy atom. The van der Waals surface area contributed by atoms with E-state index in [9.17, 15) is 0 Å². The highest BCUT2D eigenvalue weighted by Crippen LogP contribution is 2.45. The summed E-state index contributed by atoms with van der Waals surface area (Å²) >= 11 is 0. The summed E-state index contributed by atoms with van der Waals surface area (Å²) in [4.78, 5) is 0. The smallest absolute Gasteiger partial charge is 0.163 e. The van der Waals surface area contributed by atoms with Gasteiger partial charge in [0.05, 0.1) is 38.6 Å². The zero-order chi connectivity index (χ0) is 47.4. The van der Waals surface area contributed by atoms with Gasteiger partial charge in [-0.3, -0.25) is 0 Å². The SMILES string of the molecule is COc1cccc2c1-c1cc(on1)COCc1ccc(cc1)C[NH2+]Cc1ccc(cc1)COCc1cc(no1)-c1c(OC)cccc1Oc1c(C)cc(cc1C)C(C)(C)c1cc(C)c(c(C)c1)O2. The number of nitrogens with two attached hydrogens (primary N) is 1. The van der Waals surface area contributed by atoms with Crippen LogP contribution in [0, 0.1) is 27.7 Å². The molecule has 0 atom stereocenters. The van der Waals surface area contributed by atoms with Gasteiger partial charge >= 0.3 is 0 Å². The minimum Gasteiger partial charge on any atom is -0.496 e. The molecule has 68 heavy (non-hydrogen) atoms. The van der Waals surface area contributed by atoms with E-state index in [0.717, 1.165) is 69.1 Å². The maximum Gasteiger partial charge on any atom is 0.163 e. The standard InChI is InChI=1S/C57H57N3O8/c1-35-23-43-24-36(2)55(35)65-51-13-9-11-49(61-7)53(51)47-27-45(67-59-47)33-63-31-41-19-15-39(16-20-41)29-58-30-40-17-21-42(22-18-40)32-64-34-46-28-48(60-68-46)54-50(62-8)12-10-14-52(54)66-56-37(3)25-44(26-38(56)4)57(43,5)6/h9-28,58H,29-34H2,1-8H3/p+1. The fraction of sp³-hybridized carbons (Fsp3) is 0.263. The van der Waals surface area contributed by atoms with Crippen molar-refractivity contribution in [3.05, 3.63) is 188 Å². The Hall–Kier alpha value is -7.18. The third-order valence-electron chi connectivity index (χ3n) is 12.7. The summed E-state index contributed by atoms with van der Waals surface area (Å²) in [5.74, 6) is 5.17. The van der Waals surface area contributed by atoms with E-state index in [2.05, 4.69) is 130 Å². The number of aryl methyl sites for hydroxylation is 4. The summed E-state index contributed by atoms with van der Waals surface area (Å²) in [7, 11) is 3.29. The Morgan fingerprint density at radius 1 is 0.485 bits per heavy atom. The molecule has 12 bridgehead atoms. The summed E-state index contributed by atoms with van der Waals surface area (Å²) in [6.07, 6.45) is 0. The Labute approximate surface area is 397 Å². The fourth-order valence-corrected chi connectivity index (χ4v) is 8.85. The molecule has 0 spiro atoms. The molecule has 15 rings (SSSR count). The van der Waals surface area contributed by atoms with E-state index in [1.54, 1.807) is 14.2 Å². The van der Waals surface area contributed by atoms with E-state index in [-0.39, 0.29) is 18.6 Å². The highest BCUT2D eigenvalue weighted by Gasteiger charge is 2.28. The quantitative estimate of drug-likeness (QED) is 0.179. The number of hydrogen-bond donors (Lipinski definition) is 1. The molecule has 6 aromatic carbocycles. The first kappa shape index (κ1) is 46.0. The first-order valence-electron chi connectivity index (χ1n) is 22.9. The third-order valence-corrected chi connectivity index (χ3v) is 12.7. The number of nitrogens with zero attached hydrogens (tertiary/aromatic N) is 2. The van der Waals surface area contributed by atoms with Crippen LogP contribution >= 0.6 is 0 Å². The molecule has 0 amide bonds. The minimum atomic E-state index is -0.372. The van der Waals surface area contributed by atoms with Crippen molar-refractivity contribution in [2.24, 2.45) is 0 Å². The van der Waals surface area contributed by atoms with Crippen LogP contribution in [0.4, 0.5) is 0 Å². The molecular weight excluding hydrogens is 855 g/mol. The van der Waals surface area contributed by atoms with Crippen LogP contribution in [0.15, 0.2) is 130 Å². The average Bonchev–Trinajstić information content (AvgIpc) is 4.01. The van der Waals surface area contributed by atoms with E-state index in [4.69, 9.17) is 37.5 Å². The van der Waals surface area contributed by atoms with Crippen molar-refractivity contribution in [1.82, 2.24) is 10.3 Å². The molecule has 8 aromatic rings. The number of benzene rings is 6. The second kappa shape index (κ2) is 20.0. The van der Waals surface area contributed by atoms with Crippen LogP contribution in [0.1, 0.15) is 81.0 Å². The number of aromatic nitrogens is 2. The normalized spacial score (nSPS) is 14.3. The van der Waals surface area contributed by atoms with Gasteiger partial charge in [0.2, 0.25) is 0 Å². The highest BCUT2D eigenvalue weighted by molar-refractivity contribution is 5.76. The van der Waals surface area contributed by atoms with Gasteiger partial charge in [-0.15, -0.1) is 0 Å². The first-order chi connectivity index (χ1) is 33.0. The van der Waals surface area contributed by atoms with Crippen molar-refractivity contribution in [3.8, 4) is 57.0 Å². The average molecular weight is 913 g/mol. The molecule has 0 fully saturated rings. The zero-order valence-electron chi connectivity index (χ0n) is 40.0. The number of rotatable bonds is 2. The zero-order valence-corrected chi connectivity index (χ0v) is 40.0. The molecule has 0 unspecified atom stereocenters. The Kier molecular flexibility index (Phi) is 13.5. The molecule has 0 saturated heterocycles. The first-order valence-corrected chi connectivity index (χ1v) is 22.9. The summed E-state index contributed by atoms with van der Waals surface area (Å²) in [6, 6.07) is 41.1. The second-order valence-electron chi connectivity index (χ2n) is 18.0. The van der Waals surface area contributed by atoms with E-state index in [1.807, 2.05) is 48.5 Å².